The first-order chi connectivity index (χ1) is 12.1. The Morgan fingerprint density at radius 2 is 2.08 bits per heavy atom. The van der Waals surface area contributed by atoms with Gasteiger partial charge < -0.3 is 4.74 Å². The summed E-state index contributed by atoms with van der Waals surface area (Å²) in [5, 5.41) is 14.6. The van der Waals surface area contributed by atoms with Crippen molar-refractivity contribution in [1.82, 2.24) is 5.43 Å². The number of benzene rings is 2. The van der Waals surface area contributed by atoms with Crippen LogP contribution < -0.4 is 10.2 Å². The van der Waals surface area contributed by atoms with Crippen molar-refractivity contribution in [2.45, 2.75) is 6.92 Å². The molecule has 0 saturated heterocycles. The average Bonchev–Trinajstić information content (AvgIpc) is 2.60. The van der Waals surface area contributed by atoms with E-state index in [0.717, 1.165) is 5.56 Å². The number of nitro groups is 1. The Morgan fingerprint density at radius 3 is 2.84 bits per heavy atom. The number of carbonyl (C=O) groups excluding carboxylic acids is 1. The molecular weight excluding hydrogens is 322 g/mol. The maximum atomic E-state index is 11.6. The van der Waals surface area contributed by atoms with Crippen molar-refractivity contribution in [1.29, 1.82) is 0 Å². The van der Waals surface area contributed by atoms with E-state index in [1.807, 2.05) is 25.1 Å². The summed E-state index contributed by atoms with van der Waals surface area (Å²) in [6.45, 7) is 1.77. The summed E-state index contributed by atoms with van der Waals surface area (Å²) in [7, 11) is 0. The Morgan fingerprint density at radius 1 is 1.28 bits per heavy atom. The van der Waals surface area contributed by atoms with Gasteiger partial charge in [0.1, 0.15) is 5.75 Å². The zero-order valence-corrected chi connectivity index (χ0v) is 13.6. The molecule has 7 heteroatoms. The van der Waals surface area contributed by atoms with Gasteiger partial charge in [0.25, 0.3) is 11.6 Å². The number of nitrogens with zero attached hydrogens (tertiary/aromatic N) is 2. The van der Waals surface area contributed by atoms with E-state index in [1.165, 1.54) is 24.4 Å². The second-order valence-corrected chi connectivity index (χ2v) is 5.09. The van der Waals surface area contributed by atoms with Gasteiger partial charge in [0.15, 0.2) is 6.61 Å². The monoisotopic (exact) mass is 339 g/mol. The molecule has 0 bridgehead atoms. The van der Waals surface area contributed by atoms with Crippen LogP contribution in [0.5, 0.6) is 5.75 Å². The molecule has 0 aromatic heterocycles. The van der Waals surface area contributed by atoms with Crippen LogP contribution in [-0.4, -0.2) is 23.7 Å². The summed E-state index contributed by atoms with van der Waals surface area (Å²) < 4.78 is 5.34. The molecule has 2 rings (SSSR count). The highest BCUT2D eigenvalue weighted by atomic mass is 16.6. The lowest BCUT2D eigenvalue weighted by atomic mass is 10.2. The van der Waals surface area contributed by atoms with Gasteiger partial charge >= 0.3 is 0 Å². The zero-order valence-electron chi connectivity index (χ0n) is 13.6. The van der Waals surface area contributed by atoms with Gasteiger partial charge in [0.05, 0.1) is 10.5 Å². The lowest BCUT2D eigenvalue weighted by molar-refractivity contribution is -0.385. The predicted octanol–water partition coefficient (Wildman–Crippen LogP) is 3.10. The second kappa shape index (κ2) is 8.97. The minimum absolute atomic E-state index is 0.00254. The molecule has 0 saturated carbocycles. The number of aryl methyl sites for hydroxylation is 1. The number of amides is 1. The standard InChI is InChI=1S/C18H17N3O4/c1-14-6-4-9-16(12-14)25-13-18(22)20-19-11-5-8-15-7-2-3-10-17(15)21(23)24/h2-12H,13H2,1H3,(H,20,22)/b8-5+,19-11+. The van der Waals surface area contributed by atoms with Crippen molar-refractivity contribution in [3.05, 3.63) is 75.8 Å². The Labute approximate surface area is 144 Å². The third-order valence-electron chi connectivity index (χ3n) is 3.12. The fourth-order valence-electron chi connectivity index (χ4n) is 1.98. The van der Waals surface area contributed by atoms with Crippen LogP contribution in [0.1, 0.15) is 11.1 Å². The molecule has 2 aromatic rings. The number of nitro benzene ring substituents is 1. The Kier molecular flexibility index (Phi) is 6.41. The first kappa shape index (κ1) is 17.9. The third-order valence-corrected chi connectivity index (χ3v) is 3.12. The molecule has 0 atom stereocenters. The van der Waals surface area contributed by atoms with Gasteiger partial charge in [-0.05, 0) is 42.8 Å². The van der Waals surface area contributed by atoms with Crippen molar-refractivity contribution in [3.63, 3.8) is 0 Å². The summed E-state index contributed by atoms with van der Waals surface area (Å²) in [5.74, 6) is 0.201. The van der Waals surface area contributed by atoms with Gasteiger partial charge in [0, 0.05) is 12.3 Å². The number of nitrogens with one attached hydrogen (secondary N) is 1. The lowest BCUT2D eigenvalue weighted by Crippen LogP contribution is -2.24. The molecular formula is C18H17N3O4. The van der Waals surface area contributed by atoms with E-state index in [1.54, 1.807) is 24.3 Å². The summed E-state index contributed by atoms with van der Waals surface area (Å²) >= 11 is 0. The molecule has 25 heavy (non-hydrogen) atoms. The number of carbonyl (C=O) groups is 1. The van der Waals surface area contributed by atoms with E-state index in [2.05, 4.69) is 10.5 Å². The van der Waals surface area contributed by atoms with E-state index >= 15 is 0 Å². The molecule has 0 aliphatic carbocycles. The first-order valence-corrected chi connectivity index (χ1v) is 7.48. The van der Waals surface area contributed by atoms with Crippen molar-refractivity contribution in [3.8, 4) is 5.75 Å². The number of rotatable bonds is 7. The minimum atomic E-state index is -0.457. The van der Waals surface area contributed by atoms with Gasteiger partial charge in [-0.15, -0.1) is 0 Å². The number of ether oxygens (including phenoxy) is 1. The average molecular weight is 339 g/mol. The van der Waals surface area contributed by atoms with E-state index in [0.29, 0.717) is 11.3 Å². The smallest absolute Gasteiger partial charge is 0.277 e. The van der Waals surface area contributed by atoms with Crippen molar-refractivity contribution in [2.75, 3.05) is 6.61 Å². The SMILES string of the molecule is Cc1cccc(OCC(=O)N/N=C/C=C/c2ccccc2[N+](=O)[O-])c1. The predicted molar refractivity (Wildman–Crippen MR) is 95.4 cm³/mol. The highest BCUT2D eigenvalue weighted by Crippen LogP contribution is 2.18. The van der Waals surface area contributed by atoms with E-state index in [-0.39, 0.29) is 12.3 Å². The molecule has 0 aliphatic heterocycles. The van der Waals surface area contributed by atoms with Crippen molar-refractivity contribution < 1.29 is 14.5 Å². The normalized spacial score (nSPS) is 10.9. The molecule has 0 radical (unpaired) electrons. The fourth-order valence-corrected chi connectivity index (χ4v) is 1.98. The number of allylic oxidation sites excluding steroid dienone is 1. The van der Waals surface area contributed by atoms with Crippen LogP contribution in [0.25, 0.3) is 6.08 Å². The highest BCUT2D eigenvalue weighted by molar-refractivity contribution is 5.82. The summed E-state index contributed by atoms with van der Waals surface area (Å²) in [5.41, 5.74) is 3.80. The van der Waals surface area contributed by atoms with Gasteiger partial charge in [0.2, 0.25) is 0 Å². The molecule has 128 valence electrons. The minimum Gasteiger partial charge on any atom is -0.484 e. The number of hydrogen-bond acceptors (Lipinski definition) is 5. The van der Waals surface area contributed by atoms with Crippen LogP contribution in [0.2, 0.25) is 0 Å². The number of hydrazone groups is 1. The van der Waals surface area contributed by atoms with E-state index in [4.69, 9.17) is 4.74 Å². The molecule has 0 heterocycles. The van der Waals surface area contributed by atoms with Crippen LogP contribution in [-0.2, 0) is 4.79 Å². The van der Waals surface area contributed by atoms with Crippen LogP contribution in [0, 0.1) is 17.0 Å². The maximum absolute atomic E-state index is 11.6. The topological polar surface area (TPSA) is 93.8 Å². The zero-order chi connectivity index (χ0) is 18.1. The molecule has 2 aromatic carbocycles. The molecule has 0 aliphatic rings. The Balaban J connectivity index is 1.81. The van der Waals surface area contributed by atoms with Gasteiger partial charge in [-0.1, -0.05) is 24.3 Å². The molecule has 1 amide bonds. The van der Waals surface area contributed by atoms with Crippen LogP contribution in [0.4, 0.5) is 5.69 Å². The maximum Gasteiger partial charge on any atom is 0.277 e. The van der Waals surface area contributed by atoms with E-state index < -0.39 is 10.8 Å². The van der Waals surface area contributed by atoms with Crippen LogP contribution in [0.15, 0.2) is 59.7 Å². The van der Waals surface area contributed by atoms with Crippen molar-refractivity contribution >= 4 is 23.9 Å². The van der Waals surface area contributed by atoms with Gasteiger partial charge in [-0.3, -0.25) is 14.9 Å². The summed E-state index contributed by atoms with van der Waals surface area (Å²) in [6.07, 6.45) is 4.38. The number of hydrogen-bond donors (Lipinski definition) is 1. The molecule has 1 N–H and O–H groups in total. The first-order valence-electron chi connectivity index (χ1n) is 7.48. The summed E-state index contributed by atoms with van der Waals surface area (Å²) in [6, 6.07) is 13.7. The van der Waals surface area contributed by atoms with Crippen molar-refractivity contribution in [2.24, 2.45) is 5.10 Å². The molecule has 0 fully saturated rings. The molecule has 0 spiro atoms. The largest absolute Gasteiger partial charge is 0.484 e. The van der Waals surface area contributed by atoms with Gasteiger partial charge in [-0.2, -0.15) is 5.10 Å². The van der Waals surface area contributed by atoms with Crippen LogP contribution in [0.3, 0.4) is 0 Å². The fraction of sp³-hybridized carbons (Fsp3) is 0.111. The lowest BCUT2D eigenvalue weighted by Gasteiger charge is -2.05. The Bertz CT molecular complexity index is 815. The number of para-hydroxylation sites is 1. The third kappa shape index (κ3) is 5.91. The highest BCUT2D eigenvalue weighted by Gasteiger charge is 2.08. The van der Waals surface area contributed by atoms with Crippen LogP contribution >= 0.6 is 0 Å². The van der Waals surface area contributed by atoms with E-state index in [9.17, 15) is 14.9 Å². The second-order valence-electron chi connectivity index (χ2n) is 5.09. The quantitative estimate of drug-likeness (QED) is 0.476. The molecule has 7 nitrogen and oxygen atoms in total. The van der Waals surface area contributed by atoms with Gasteiger partial charge in [-0.25, -0.2) is 5.43 Å². The molecule has 0 unspecified atom stereocenters. The Hall–Kier alpha value is -3.48. The summed E-state index contributed by atoms with van der Waals surface area (Å²) in [4.78, 5) is 22.0.